The van der Waals surface area contributed by atoms with Gasteiger partial charge in [0, 0.05) is 5.71 Å². The molecule has 1 saturated carbocycles. The van der Waals surface area contributed by atoms with Gasteiger partial charge in [0.1, 0.15) is 0 Å². The third-order valence-electron chi connectivity index (χ3n) is 2.24. The Labute approximate surface area is 87.4 Å². The van der Waals surface area contributed by atoms with Crippen LogP contribution in [0.25, 0.3) is 0 Å². The Balaban J connectivity index is 2.39. The maximum atomic E-state index is 10.6. The smallest absolute Gasteiger partial charge is 0.306 e. The summed E-state index contributed by atoms with van der Waals surface area (Å²) < 4.78 is 0. The zero-order chi connectivity index (χ0) is 10.6. The second kappa shape index (κ2) is 4.90. The number of carbonyl (C=O) groups is 1. The van der Waals surface area contributed by atoms with E-state index in [2.05, 4.69) is 22.7 Å². The molecule has 1 aliphatic rings. The van der Waals surface area contributed by atoms with Crippen LogP contribution >= 0.6 is 12.2 Å². The van der Waals surface area contributed by atoms with Gasteiger partial charge in [0.2, 0.25) is 0 Å². The molecule has 1 rings (SSSR count). The molecule has 0 unspecified atom stereocenters. The molecule has 0 aromatic heterocycles. The lowest BCUT2D eigenvalue weighted by Crippen LogP contribution is -2.27. The fraction of sp³-hybridized carbons (Fsp3) is 0.625. The van der Waals surface area contributed by atoms with E-state index < -0.39 is 5.97 Å². The summed E-state index contributed by atoms with van der Waals surface area (Å²) in [7, 11) is 0. The Hall–Kier alpha value is -1.17. The zero-order valence-corrected chi connectivity index (χ0v) is 8.51. The first-order valence-electron chi connectivity index (χ1n) is 4.43. The fourth-order valence-corrected chi connectivity index (χ4v) is 1.49. The van der Waals surface area contributed by atoms with Crippen molar-refractivity contribution in [2.24, 2.45) is 16.8 Å². The van der Waals surface area contributed by atoms with E-state index in [0.29, 0.717) is 25.7 Å². The van der Waals surface area contributed by atoms with E-state index in [-0.39, 0.29) is 11.0 Å². The molecule has 6 heteroatoms. The number of hydrazone groups is 1. The van der Waals surface area contributed by atoms with Crippen LogP contribution in [0.1, 0.15) is 25.7 Å². The summed E-state index contributed by atoms with van der Waals surface area (Å²) in [4.78, 5) is 10.6. The quantitative estimate of drug-likeness (QED) is 0.460. The number of carboxylic acids is 1. The lowest BCUT2D eigenvalue weighted by molar-refractivity contribution is -0.142. The molecule has 1 fully saturated rings. The van der Waals surface area contributed by atoms with Crippen LogP contribution in [-0.2, 0) is 4.79 Å². The Bertz CT molecular complexity index is 268. The predicted octanol–water partition coefficient (Wildman–Crippen LogP) is 0.450. The Kier molecular flexibility index (Phi) is 3.82. The van der Waals surface area contributed by atoms with Crippen molar-refractivity contribution in [2.75, 3.05) is 0 Å². The van der Waals surface area contributed by atoms with E-state index in [0.717, 1.165) is 5.71 Å². The van der Waals surface area contributed by atoms with Gasteiger partial charge in [0.15, 0.2) is 5.11 Å². The molecule has 4 N–H and O–H groups in total. The Morgan fingerprint density at radius 1 is 1.57 bits per heavy atom. The van der Waals surface area contributed by atoms with Crippen LogP contribution in [0, 0.1) is 5.92 Å². The molecule has 14 heavy (non-hydrogen) atoms. The molecule has 0 bridgehead atoms. The summed E-state index contributed by atoms with van der Waals surface area (Å²) >= 11 is 4.59. The minimum atomic E-state index is -0.716. The third-order valence-corrected chi connectivity index (χ3v) is 2.33. The molecular formula is C8H13N3O2S. The first-order chi connectivity index (χ1) is 6.59. The van der Waals surface area contributed by atoms with Gasteiger partial charge >= 0.3 is 5.97 Å². The van der Waals surface area contributed by atoms with Crippen LogP contribution in [-0.4, -0.2) is 21.9 Å². The van der Waals surface area contributed by atoms with Crippen LogP contribution < -0.4 is 11.2 Å². The monoisotopic (exact) mass is 215 g/mol. The van der Waals surface area contributed by atoms with Gasteiger partial charge in [0.05, 0.1) is 5.92 Å². The van der Waals surface area contributed by atoms with Gasteiger partial charge < -0.3 is 10.8 Å². The van der Waals surface area contributed by atoms with Gasteiger partial charge in [-0.3, -0.25) is 10.2 Å². The van der Waals surface area contributed by atoms with E-state index in [1.165, 1.54) is 0 Å². The average molecular weight is 215 g/mol. The summed E-state index contributed by atoms with van der Waals surface area (Å²) in [5.74, 6) is -0.940. The number of carboxylic acid groups (broad SMARTS) is 1. The molecule has 5 nitrogen and oxygen atoms in total. The van der Waals surface area contributed by atoms with Gasteiger partial charge in [-0.15, -0.1) is 0 Å². The number of hydrogen-bond donors (Lipinski definition) is 3. The number of aliphatic carboxylic acids is 1. The van der Waals surface area contributed by atoms with Gasteiger partial charge in [-0.2, -0.15) is 5.10 Å². The topological polar surface area (TPSA) is 87.7 Å². The van der Waals surface area contributed by atoms with E-state index in [1.807, 2.05) is 0 Å². The molecule has 0 amide bonds. The van der Waals surface area contributed by atoms with Crippen LogP contribution in [0.15, 0.2) is 5.10 Å². The summed E-state index contributed by atoms with van der Waals surface area (Å²) in [6.45, 7) is 0. The van der Waals surface area contributed by atoms with Crippen LogP contribution in [0.2, 0.25) is 0 Å². The number of nitrogens with zero attached hydrogens (tertiary/aromatic N) is 1. The van der Waals surface area contributed by atoms with Gasteiger partial charge in [0.25, 0.3) is 0 Å². The molecule has 0 aromatic carbocycles. The number of nitrogens with two attached hydrogens (primary N) is 1. The predicted molar refractivity (Wildman–Crippen MR) is 56.9 cm³/mol. The lowest BCUT2D eigenvalue weighted by atomic mass is 9.88. The minimum Gasteiger partial charge on any atom is -0.481 e. The highest BCUT2D eigenvalue weighted by molar-refractivity contribution is 7.80. The SMILES string of the molecule is NC(=S)NN=C1CCC(C(=O)O)CC1. The van der Waals surface area contributed by atoms with Crippen molar-refractivity contribution in [3.05, 3.63) is 0 Å². The third kappa shape index (κ3) is 3.29. The molecule has 0 aliphatic heterocycles. The van der Waals surface area contributed by atoms with Gasteiger partial charge in [-0.1, -0.05) is 0 Å². The van der Waals surface area contributed by atoms with E-state index in [4.69, 9.17) is 10.8 Å². The Morgan fingerprint density at radius 3 is 2.57 bits per heavy atom. The molecule has 0 heterocycles. The minimum absolute atomic E-state index is 0.137. The highest BCUT2D eigenvalue weighted by Gasteiger charge is 2.23. The molecule has 0 saturated heterocycles. The Morgan fingerprint density at radius 2 is 2.14 bits per heavy atom. The molecule has 78 valence electrons. The first-order valence-corrected chi connectivity index (χ1v) is 4.84. The maximum absolute atomic E-state index is 10.6. The normalized spacial score (nSPS) is 21.4. The van der Waals surface area contributed by atoms with Crippen molar-refractivity contribution in [1.29, 1.82) is 0 Å². The van der Waals surface area contributed by atoms with Crippen molar-refractivity contribution >= 4 is 29.0 Å². The van der Waals surface area contributed by atoms with Crippen molar-refractivity contribution in [2.45, 2.75) is 25.7 Å². The number of hydrogen-bond acceptors (Lipinski definition) is 3. The molecule has 0 atom stereocenters. The van der Waals surface area contributed by atoms with Crippen molar-refractivity contribution in [3.8, 4) is 0 Å². The summed E-state index contributed by atoms with van der Waals surface area (Å²) in [6, 6.07) is 0. The summed E-state index contributed by atoms with van der Waals surface area (Å²) in [5.41, 5.74) is 8.65. The zero-order valence-electron chi connectivity index (χ0n) is 7.69. The number of rotatable bonds is 2. The maximum Gasteiger partial charge on any atom is 0.306 e. The number of nitrogens with one attached hydrogen (secondary N) is 1. The van der Waals surface area contributed by atoms with Crippen molar-refractivity contribution in [1.82, 2.24) is 5.43 Å². The molecule has 0 aromatic rings. The van der Waals surface area contributed by atoms with Crippen LogP contribution in [0.5, 0.6) is 0 Å². The van der Waals surface area contributed by atoms with Gasteiger partial charge in [-0.25, -0.2) is 0 Å². The first kappa shape index (κ1) is 10.9. The average Bonchev–Trinajstić information content (AvgIpc) is 2.15. The molecule has 0 spiro atoms. The highest BCUT2D eigenvalue weighted by Crippen LogP contribution is 2.22. The second-order valence-electron chi connectivity index (χ2n) is 3.27. The molecule has 0 radical (unpaired) electrons. The fourth-order valence-electron chi connectivity index (χ4n) is 1.44. The summed E-state index contributed by atoms with van der Waals surface area (Å²) in [5, 5.41) is 12.9. The highest BCUT2D eigenvalue weighted by atomic mass is 32.1. The van der Waals surface area contributed by atoms with Gasteiger partial charge in [-0.05, 0) is 37.9 Å². The molecular weight excluding hydrogens is 202 g/mol. The van der Waals surface area contributed by atoms with E-state index in [1.54, 1.807) is 0 Å². The van der Waals surface area contributed by atoms with E-state index in [9.17, 15) is 4.79 Å². The van der Waals surface area contributed by atoms with Crippen LogP contribution in [0.4, 0.5) is 0 Å². The molecule has 1 aliphatic carbocycles. The summed E-state index contributed by atoms with van der Waals surface area (Å²) in [6.07, 6.45) is 2.69. The largest absolute Gasteiger partial charge is 0.481 e. The lowest BCUT2D eigenvalue weighted by Gasteiger charge is -2.19. The second-order valence-corrected chi connectivity index (χ2v) is 3.71. The number of thiocarbonyl (C=S) groups is 1. The van der Waals surface area contributed by atoms with Crippen molar-refractivity contribution < 1.29 is 9.90 Å². The van der Waals surface area contributed by atoms with Crippen molar-refractivity contribution in [3.63, 3.8) is 0 Å². The standard InChI is InChI=1S/C8H13N3O2S/c9-8(14)11-10-6-3-1-5(2-4-6)7(12)13/h5H,1-4H2,(H,12,13)(H3,9,11,14). The van der Waals surface area contributed by atoms with E-state index >= 15 is 0 Å². The van der Waals surface area contributed by atoms with Crippen LogP contribution in [0.3, 0.4) is 0 Å².